The topological polar surface area (TPSA) is 23.5 Å². The SMILES string of the molecule is Oc1cccc2c1C(N1CCCC1)CC2. The molecule has 1 aromatic carbocycles. The number of benzene rings is 1. The number of nitrogens with zero attached hydrogens (tertiary/aromatic N) is 1. The van der Waals surface area contributed by atoms with Gasteiger partial charge in [-0.1, -0.05) is 12.1 Å². The molecule has 1 unspecified atom stereocenters. The minimum atomic E-state index is 0.490. The van der Waals surface area contributed by atoms with E-state index in [1.807, 2.05) is 12.1 Å². The molecule has 2 heteroatoms. The summed E-state index contributed by atoms with van der Waals surface area (Å²) in [5, 5.41) is 9.94. The lowest BCUT2D eigenvalue weighted by Gasteiger charge is -2.24. The summed E-state index contributed by atoms with van der Waals surface area (Å²) in [6.45, 7) is 2.41. The second-order valence-electron chi connectivity index (χ2n) is 4.65. The number of aryl methyl sites for hydroxylation is 1. The van der Waals surface area contributed by atoms with E-state index in [0.29, 0.717) is 11.8 Å². The van der Waals surface area contributed by atoms with E-state index in [4.69, 9.17) is 0 Å². The van der Waals surface area contributed by atoms with E-state index in [2.05, 4.69) is 11.0 Å². The number of likely N-dealkylation sites (tertiary alicyclic amines) is 1. The predicted octanol–water partition coefficient (Wildman–Crippen LogP) is 2.48. The predicted molar refractivity (Wildman–Crippen MR) is 60.0 cm³/mol. The van der Waals surface area contributed by atoms with Crippen molar-refractivity contribution in [1.82, 2.24) is 4.90 Å². The first-order valence-electron chi connectivity index (χ1n) is 5.91. The van der Waals surface area contributed by atoms with Crippen molar-refractivity contribution in [2.45, 2.75) is 31.7 Å². The van der Waals surface area contributed by atoms with Crippen molar-refractivity contribution in [3.8, 4) is 5.75 Å². The first kappa shape index (κ1) is 9.22. The number of hydrogen-bond acceptors (Lipinski definition) is 2. The summed E-state index contributed by atoms with van der Waals surface area (Å²) < 4.78 is 0. The van der Waals surface area contributed by atoms with Crippen LogP contribution in [0.2, 0.25) is 0 Å². The molecule has 1 aliphatic heterocycles. The minimum absolute atomic E-state index is 0.490. The highest BCUT2D eigenvalue weighted by Crippen LogP contribution is 2.41. The summed E-state index contributed by atoms with van der Waals surface area (Å²) in [5.74, 6) is 0.502. The molecule has 0 bridgehead atoms. The van der Waals surface area contributed by atoms with Crippen LogP contribution in [0.1, 0.15) is 36.4 Å². The molecular formula is C13H17NO. The van der Waals surface area contributed by atoms with Gasteiger partial charge in [0.25, 0.3) is 0 Å². The Kier molecular flexibility index (Phi) is 2.17. The number of hydrogen-bond donors (Lipinski definition) is 1. The molecule has 1 saturated heterocycles. The molecule has 15 heavy (non-hydrogen) atoms. The van der Waals surface area contributed by atoms with Gasteiger partial charge in [-0.05, 0) is 50.4 Å². The van der Waals surface area contributed by atoms with Gasteiger partial charge in [-0.2, -0.15) is 0 Å². The quantitative estimate of drug-likeness (QED) is 0.758. The van der Waals surface area contributed by atoms with Gasteiger partial charge in [-0.25, -0.2) is 0 Å². The molecule has 3 rings (SSSR count). The Balaban J connectivity index is 1.96. The molecule has 0 radical (unpaired) electrons. The zero-order valence-corrected chi connectivity index (χ0v) is 8.95. The van der Waals surface area contributed by atoms with Crippen molar-refractivity contribution in [3.05, 3.63) is 29.3 Å². The summed E-state index contributed by atoms with van der Waals surface area (Å²) in [6, 6.07) is 6.43. The zero-order chi connectivity index (χ0) is 10.3. The van der Waals surface area contributed by atoms with Gasteiger partial charge in [0, 0.05) is 11.6 Å². The molecule has 1 heterocycles. The third-order valence-electron chi connectivity index (χ3n) is 3.78. The lowest BCUT2D eigenvalue weighted by Crippen LogP contribution is -2.23. The number of phenolic OH excluding ortho intramolecular Hbond substituents is 1. The summed E-state index contributed by atoms with van der Waals surface area (Å²) in [5.41, 5.74) is 2.56. The number of aromatic hydroxyl groups is 1. The van der Waals surface area contributed by atoms with Gasteiger partial charge in [-0.3, -0.25) is 4.90 Å². The van der Waals surface area contributed by atoms with E-state index in [1.165, 1.54) is 43.5 Å². The normalized spacial score (nSPS) is 25.7. The van der Waals surface area contributed by atoms with E-state index in [-0.39, 0.29) is 0 Å². The largest absolute Gasteiger partial charge is 0.508 e. The van der Waals surface area contributed by atoms with Gasteiger partial charge in [0.15, 0.2) is 0 Å². The van der Waals surface area contributed by atoms with E-state index >= 15 is 0 Å². The third kappa shape index (κ3) is 1.44. The summed E-state index contributed by atoms with van der Waals surface area (Å²) in [4.78, 5) is 2.53. The molecule has 0 saturated carbocycles. The maximum Gasteiger partial charge on any atom is 0.120 e. The van der Waals surface area contributed by atoms with Crippen LogP contribution in [0, 0.1) is 0 Å². The van der Waals surface area contributed by atoms with Crippen LogP contribution in [0.25, 0.3) is 0 Å². The Morgan fingerprint density at radius 1 is 1.20 bits per heavy atom. The molecule has 2 aliphatic rings. The van der Waals surface area contributed by atoms with Gasteiger partial charge in [0.1, 0.15) is 5.75 Å². The summed E-state index contributed by atoms with van der Waals surface area (Å²) in [6.07, 6.45) is 4.96. The molecule has 1 atom stereocenters. The van der Waals surface area contributed by atoms with Gasteiger partial charge in [0.2, 0.25) is 0 Å². The molecule has 0 aromatic heterocycles. The highest BCUT2D eigenvalue weighted by Gasteiger charge is 2.31. The minimum Gasteiger partial charge on any atom is -0.508 e. The van der Waals surface area contributed by atoms with E-state index < -0.39 is 0 Å². The molecule has 1 aliphatic carbocycles. The fraction of sp³-hybridized carbons (Fsp3) is 0.538. The smallest absolute Gasteiger partial charge is 0.120 e. The number of fused-ring (bicyclic) bond motifs is 1. The van der Waals surface area contributed by atoms with Gasteiger partial charge >= 0.3 is 0 Å². The Hall–Kier alpha value is -1.02. The lowest BCUT2D eigenvalue weighted by molar-refractivity contribution is 0.241. The van der Waals surface area contributed by atoms with Crippen LogP contribution in [0.15, 0.2) is 18.2 Å². The summed E-state index contributed by atoms with van der Waals surface area (Å²) in [7, 11) is 0. The van der Waals surface area contributed by atoms with Crippen molar-refractivity contribution in [3.63, 3.8) is 0 Å². The number of phenols is 1. The average molecular weight is 203 g/mol. The van der Waals surface area contributed by atoms with Crippen molar-refractivity contribution in [1.29, 1.82) is 0 Å². The fourth-order valence-electron chi connectivity index (χ4n) is 3.06. The van der Waals surface area contributed by atoms with E-state index in [9.17, 15) is 5.11 Å². The Bertz CT molecular complexity index is 369. The Morgan fingerprint density at radius 3 is 2.80 bits per heavy atom. The van der Waals surface area contributed by atoms with Crippen LogP contribution in [0.4, 0.5) is 0 Å². The Labute approximate surface area is 90.5 Å². The highest BCUT2D eigenvalue weighted by molar-refractivity contribution is 5.44. The third-order valence-corrected chi connectivity index (χ3v) is 3.78. The van der Waals surface area contributed by atoms with Crippen molar-refractivity contribution < 1.29 is 5.11 Å². The van der Waals surface area contributed by atoms with Crippen LogP contribution in [-0.2, 0) is 6.42 Å². The van der Waals surface area contributed by atoms with Crippen molar-refractivity contribution in [2.75, 3.05) is 13.1 Å². The van der Waals surface area contributed by atoms with E-state index in [0.717, 1.165) is 6.42 Å². The van der Waals surface area contributed by atoms with Crippen LogP contribution < -0.4 is 0 Å². The second-order valence-corrected chi connectivity index (χ2v) is 4.65. The van der Waals surface area contributed by atoms with Crippen LogP contribution in [0.3, 0.4) is 0 Å². The van der Waals surface area contributed by atoms with Crippen LogP contribution in [-0.4, -0.2) is 23.1 Å². The fourth-order valence-corrected chi connectivity index (χ4v) is 3.06. The van der Waals surface area contributed by atoms with Gasteiger partial charge in [-0.15, -0.1) is 0 Å². The molecule has 0 amide bonds. The molecule has 1 fully saturated rings. The van der Waals surface area contributed by atoms with Gasteiger partial charge in [0.05, 0.1) is 0 Å². The zero-order valence-electron chi connectivity index (χ0n) is 8.95. The van der Waals surface area contributed by atoms with Gasteiger partial charge < -0.3 is 5.11 Å². The summed E-state index contributed by atoms with van der Waals surface area (Å²) >= 11 is 0. The van der Waals surface area contributed by atoms with Crippen molar-refractivity contribution >= 4 is 0 Å². The molecule has 0 spiro atoms. The van der Waals surface area contributed by atoms with Crippen LogP contribution >= 0.6 is 0 Å². The van der Waals surface area contributed by atoms with Crippen molar-refractivity contribution in [2.24, 2.45) is 0 Å². The molecule has 80 valence electrons. The van der Waals surface area contributed by atoms with E-state index in [1.54, 1.807) is 0 Å². The maximum absolute atomic E-state index is 9.94. The average Bonchev–Trinajstić information content (AvgIpc) is 2.85. The monoisotopic (exact) mass is 203 g/mol. The van der Waals surface area contributed by atoms with Crippen LogP contribution in [0.5, 0.6) is 5.75 Å². The first-order valence-corrected chi connectivity index (χ1v) is 5.91. The molecule has 1 N–H and O–H groups in total. The molecule has 1 aromatic rings. The molecular weight excluding hydrogens is 186 g/mol. The molecule has 2 nitrogen and oxygen atoms in total. The first-order chi connectivity index (χ1) is 7.36. The lowest BCUT2D eigenvalue weighted by atomic mass is 10.1. The second kappa shape index (κ2) is 3.53. The maximum atomic E-state index is 9.94. The standard InChI is InChI=1S/C13H17NO/c15-12-5-3-4-10-6-7-11(13(10)12)14-8-1-2-9-14/h3-5,11,15H,1-2,6-9H2. The Morgan fingerprint density at radius 2 is 2.00 bits per heavy atom. The highest BCUT2D eigenvalue weighted by atomic mass is 16.3. The number of rotatable bonds is 1.